The van der Waals surface area contributed by atoms with E-state index >= 15 is 0 Å². The van der Waals surface area contributed by atoms with Gasteiger partial charge in [-0.25, -0.2) is 13.4 Å². The van der Waals surface area contributed by atoms with Gasteiger partial charge in [0.25, 0.3) is 0 Å². The van der Waals surface area contributed by atoms with E-state index in [9.17, 15) is 13.2 Å². The van der Waals surface area contributed by atoms with Gasteiger partial charge in [0.2, 0.25) is 10.0 Å². The number of aromatic nitrogens is 1. The number of pyridine rings is 1. The molecule has 1 saturated heterocycles. The van der Waals surface area contributed by atoms with Crippen LogP contribution in [0.2, 0.25) is 0 Å². The predicted molar refractivity (Wildman–Crippen MR) is 91.7 cm³/mol. The zero-order valence-electron chi connectivity index (χ0n) is 13.4. The van der Waals surface area contributed by atoms with E-state index in [0.29, 0.717) is 31.7 Å². The van der Waals surface area contributed by atoms with E-state index in [4.69, 9.17) is 0 Å². The fourth-order valence-corrected chi connectivity index (χ4v) is 4.13. The molecule has 24 heavy (non-hydrogen) atoms. The molecule has 0 N–H and O–H groups in total. The largest absolute Gasteiger partial charge is 0.354 e. The van der Waals surface area contributed by atoms with Gasteiger partial charge < -0.3 is 4.90 Å². The van der Waals surface area contributed by atoms with Crippen molar-refractivity contribution in [3.8, 4) is 0 Å². The number of hydrogen-bond donors (Lipinski definition) is 0. The minimum atomic E-state index is -3.54. The van der Waals surface area contributed by atoms with Gasteiger partial charge in [0.1, 0.15) is 5.82 Å². The van der Waals surface area contributed by atoms with Crippen LogP contribution in [-0.4, -0.2) is 49.7 Å². The summed E-state index contributed by atoms with van der Waals surface area (Å²) in [6.45, 7) is 3.48. The Morgan fingerprint density at radius 2 is 1.67 bits per heavy atom. The maximum Gasteiger partial charge on any atom is 0.243 e. The molecule has 1 fully saturated rings. The third-order valence-electron chi connectivity index (χ3n) is 4.11. The van der Waals surface area contributed by atoms with Crippen LogP contribution in [0.15, 0.2) is 53.6 Å². The number of piperazine rings is 1. The van der Waals surface area contributed by atoms with Crippen molar-refractivity contribution >= 4 is 21.6 Å². The van der Waals surface area contributed by atoms with Gasteiger partial charge >= 0.3 is 0 Å². The Bertz CT molecular complexity index is 812. The second-order valence-electron chi connectivity index (χ2n) is 5.66. The number of hydrogen-bond acceptors (Lipinski definition) is 5. The van der Waals surface area contributed by atoms with Crippen LogP contribution in [0.1, 0.15) is 17.3 Å². The molecule has 0 saturated carbocycles. The lowest BCUT2D eigenvalue weighted by Crippen LogP contribution is -2.48. The number of sulfonamides is 1. The van der Waals surface area contributed by atoms with Crippen LogP contribution in [0, 0.1) is 0 Å². The van der Waals surface area contributed by atoms with Crippen molar-refractivity contribution in [1.29, 1.82) is 0 Å². The molecule has 1 aromatic heterocycles. The van der Waals surface area contributed by atoms with Crippen molar-refractivity contribution in [2.75, 3.05) is 31.1 Å². The Balaban J connectivity index is 1.72. The number of nitrogens with zero attached hydrogens (tertiary/aromatic N) is 3. The molecule has 1 aliphatic rings. The number of Topliss-reactive ketones (excluding diaryl/α,β-unsaturated/α-hetero) is 1. The minimum Gasteiger partial charge on any atom is -0.354 e. The maximum absolute atomic E-state index is 12.7. The van der Waals surface area contributed by atoms with E-state index in [0.717, 1.165) is 5.82 Å². The molecule has 7 heteroatoms. The summed E-state index contributed by atoms with van der Waals surface area (Å²) in [5, 5.41) is 0. The van der Waals surface area contributed by atoms with Gasteiger partial charge in [-0.3, -0.25) is 4.79 Å². The van der Waals surface area contributed by atoms with Crippen molar-refractivity contribution in [3.05, 3.63) is 54.2 Å². The highest BCUT2D eigenvalue weighted by Crippen LogP contribution is 2.20. The lowest BCUT2D eigenvalue weighted by atomic mass is 10.2. The number of carbonyl (C=O) groups is 1. The third-order valence-corrected chi connectivity index (χ3v) is 6.02. The summed E-state index contributed by atoms with van der Waals surface area (Å²) in [7, 11) is -3.54. The van der Waals surface area contributed by atoms with Crippen LogP contribution >= 0.6 is 0 Å². The van der Waals surface area contributed by atoms with E-state index < -0.39 is 10.0 Å². The van der Waals surface area contributed by atoms with E-state index in [1.165, 1.54) is 23.4 Å². The summed E-state index contributed by atoms with van der Waals surface area (Å²) < 4.78 is 26.9. The van der Waals surface area contributed by atoms with Gasteiger partial charge in [0.05, 0.1) is 4.90 Å². The molecule has 0 bridgehead atoms. The summed E-state index contributed by atoms with van der Waals surface area (Å²) in [6.07, 6.45) is 1.73. The average Bonchev–Trinajstić information content (AvgIpc) is 2.62. The van der Waals surface area contributed by atoms with Crippen molar-refractivity contribution < 1.29 is 13.2 Å². The van der Waals surface area contributed by atoms with Crippen molar-refractivity contribution in [2.45, 2.75) is 11.8 Å². The second-order valence-corrected chi connectivity index (χ2v) is 7.60. The Hall–Kier alpha value is -2.25. The summed E-state index contributed by atoms with van der Waals surface area (Å²) in [5.74, 6) is 0.781. The Morgan fingerprint density at radius 1 is 1.00 bits per heavy atom. The van der Waals surface area contributed by atoms with E-state index in [1.54, 1.807) is 18.3 Å². The van der Waals surface area contributed by atoms with Crippen LogP contribution in [-0.2, 0) is 10.0 Å². The molecule has 0 atom stereocenters. The highest BCUT2D eigenvalue weighted by molar-refractivity contribution is 7.89. The molecule has 0 aliphatic carbocycles. The Kier molecular flexibility index (Phi) is 4.64. The first-order valence-corrected chi connectivity index (χ1v) is 9.19. The monoisotopic (exact) mass is 345 g/mol. The molecule has 0 radical (unpaired) electrons. The first kappa shape index (κ1) is 16.6. The van der Waals surface area contributed by atoms with Gasteiger partial charge in [-0.1, -0.05) is 18.2 Å². The standard InChI is InChI=1S/C17H19N3O3S/c1-14(21)15-5-7-16(8-6-15)24(22,23)20-12-10-19(11-13-20)17-4-2-3-9-18-17/h2-9H,10-13H2,1H3. The van der Waals surface area contributed by atoms with E-state index in [1.807, 2.05) is 18.2 Å². The van der Waals surface area contributed by atoms with Gasteiger partial charge in [0, 0.05) is 37.9 Å². The maximum atomic E-state index is 12.7. The fourth-order valence-electron chi connectivity index (χ4n) is 2.71. The number of ketones is 1. The van der Waals surface area contributed by atoms with Crippen molar-refractivity contribution in [2.24, 2.45) is 0 Å². The lowest BCUT2D eigenvalue weighted by molar-refractivity contribution is 0.101. The van der Waals surface area contributed by atoms with E-state index in [2.05, 4.69) is 9.88 Å². The van der Waals surface area contributed by atoms with Gasteiger partial charge in [-0.2, -0.15) is 4.31 Å². The van der Waals surface area contributed by atoms with Gasteiger partial charge in [-0.05, 0) is 31.2 Å². The summed E-state index contributed by atoms with van der Waals surface area (Å²) in [5.41, 5.74) is 0.508. The van der Waals surface area contributed by atoms with Gasteiger partial charge in [-0.15, -0.1) is 0 Å². The number of benzene rings is 1. The first-order valence-electron chi connectivity index (χ1n) is 7.75. The topological polar surface area (TPSA) is 70.6 Å². The molecule has 126 valence electrons. The molecule has 2 heterocycles. The molecule has 0 spiro atoms. The zero-order valence-corrected chi connectivity index (χ0v) is 14.2. The average molecular weight is 345 g/mol. The first-order chi connectivity index (χ1) is 11.5. The molecular weight excluding hydrogens is 326 g/mol. The van der Waals surface area contributed by atoms with Crippen LogP contribution in [0.4, 0.5) is 5.82 Å². The molecule has 6 nitrogen and oxygen atoms in total. The van der Waals surface area contributed by atoms with E-state index in [-0.39, 0.29) is 10.7 Å². The highest BCUT2D eigenvalue weighted by Gasteiger charge is 2.28. The quantitative estimate of drug-likeness (QED) is 0.790. The summed E-state index contributed by atoms with van der Waals surface area (Å²) in [6, 6.07) is 11.8. The predicted octanol–water partition coefficient (Wildman–Crippen LogP) is 1.80. The number of rotatable bonds is 4. The number of anilines is 1. The van der Waals surface area contributed by atoms with Crippen LogP contribution in [0.3, 0.4) is 0 Å². The molecule has 0 unspecified atom stereocenters. The zero-order chi connectivity index (χ0) is 17.2. The normalized spacial score (nSPS) is 16.1. The van der Waals surface area contributed by atoms with Gasteiger partial charge in [0.15, 0.2) is 5.78 Å². The van der Waals surface area contributed by atoms with Crippen molar-refractivity contribution in [1.82, 2.24) is 9.29 Å². The highest BCUT2D eigenvalue weighted by atomic mass is 32.2. The smallest absolute Gasteiger partial charge is 0.243 e. The van der Waals surface area contributed by atoms with Crippen LogP contribution < -0.4 is 4.90 Å². The molecule has 2 aromatic rings. The summed E-state index contributed by atoms with van der Waals surface area (Å²) >= 11 is 0. The van der Waals surface area contributed by atoms with Crippen LogP contribution in [0.25, 0.3) is 0 Å². The second kappa shape index (κ2) is 6.70. The fraction of sp³-hybridized carbons (Fsp3) is 0.294. The molecular formula is C17H19N3O3S. The lowest BCUT2D eigenvalue weighted by Gasteiger charge is -2.34. The summed E-state index contributed by atoms with van der Waals surface area (Å²) in [4.78, 5) is 17.9. The molecule has 3 rings (SSSR count). The number of carbonyl (C=O) groups excluding carboxylic acids is 1. The molecule has 1 aliphatic heterocycles. The SMILES string of the molecule is CC(=O)c1ccc(S(=O)(=O)N2CCN(c3ccccn3)CC2)cc1. The Morgan fingerprint density at radius 3 is 2.21 bits per heavy atom. The third kappa shape index (κ3) is 3.32. The minimum absolute atomic E-state index is 0.0806. The molecule has 1 aromatic carbocycles. The van der Waals surface area contributed by atoms with Crippen LogP contribution in [0.5, 0.6) is 0 Å². The van der Waals surface area contributed by atoms with Crippen molar-refractivity contribution in [3.63, 3.8) is 0 Å². The Labute approximate surface area is 141 Å². The molecule has 0 amide bonds.